The van der Waals surface area contributed by atoms with Crippen molar-refractivity contribution in [2.24, 2.45) is 0 Å². The van der Waals surface area contributed by atoms with E-state index in [2.05, 4.69) is 82.5 Å². The third-order valence-corrected chi connectivity index (χ3v) is 22.4. The minimum Gasteiger partial charge on any atom is -0.478 e. The van der Waals surface area contributed by atoms with E-state index in [1.54, 1.807) is 46.9 Å². The fourth-order valence-electron chi connectivity index (χ4n) is 9.63. The Hall–Kier alpha value is -5.27. The van der Waals surface area contributed by atoms with Gasteiger partial charge in [0.2, 0.25) is 5.36 Å². The molecule has 0 radical (unpaired) electrons. The number of fused-ring (bicyclic) bond motifs is 2. The Morgan fingerprint density at radius 3 is 2.27 bits per heavy atom. The second kappa shape index (κ2) is 41.9. The highest BCUT2D eigenvalue weighted by Crippen LogP contribution is 2.66. The van der Waals surface area contributed by atoms with Crippen LogP contribution >= 0.6 is 45.1 Å². The molecule has 3 aliphatic rings. The smallest absolute Gasteiger partial charge is 0.478 e. The number of nitrogens with one attached hydrogen (secondary N) is 3. The first-order chi connectivity index (χ1) is 47.3. The maximum atomic E-state index is 13.4. The molecule has 1 fully saturated rings. The summed E-state index contributed by atoms with van der Waals surface area (Å²) in [6, 6.07) is 13.0. The van der Waals surface area contributed by atoms with Gasteiger partial charge in [-0.2, -0.15) is 8.62 Å². The van der Waals surface area contributed by atoms with Crippen LogP contribution < -0.4 is 26.9 Å². The highest BCUT2D eigenvalue weighted by atomic mass is 33.1. The Morgan fingerprint density at radius 2 is 1.59 bits per heavy atom. The summed E-state index contributed by atoms with van der Waals surface area (Å²) in [5, 5.41) is 14.6. The number of phosphoric acid groups is 3. The van der Waals surface area contributed by atoms with Gasteiger partial charge in [-0.3, -0.25) is 28.5 Å². The second-order valence-electron chi connectivity index (χ2n) is 23.1. The first-order valence-corrected chi connectivity index (χ1v) is 41.6. The van der Waals surface area contributed by atoms with Crippen molar-refractivity contribution in [3.05, 3.63) is 108 Å². The molecule has 8 N–H and O–H groups in total. The van der Waals surface area contributed by atoms with Gasteiger partial charge >= 0.3 is 47.2 Å². The number of carboxylic acids is 1. The van der Waals surface area contributed by atoms with Gasteiger partial charge in [0.15, 0.2) is 5.78 Å². The number of rotatable bonds is 40. The average Bonchev–Trinajstić information content (AvgIpc) is 0.917. The van der Waals surface area contributed by atoms with Gasteiger partial charge in [-0.1, -0.05) is 69.2 Å². The standard InChI is InChI=1S/C38H46N2O8.C26H43N2O17P3S4/c1-6-10-26-22-34-30(19-24(26)4)36(31-20-25(5)32(39-7-2)23-35(31)48-34)29-21-27(12-13-28(29)37(42)43)33(41)11-9-15-45-17-18-46-16-14-40-38(44)47-8-3;1-5-26(2,3)51-50-17-39-12-8-9-13-40-23(29)11-7-6-10-19-15-28(25(31)27-24(19)30)22-14-20(41-18-52(4)49)21(43-22)16-42-47(35,36)45-48(37,38)44-46(32,33)34/h12-13,19-23H,6-11,14-18H2,1-5H3,(H,40,44)(H,42,43);15,20-22H,5,7-9,11-14,16-18H2,1-4H3,(H,35,36)(H,37,38)(H,27,30,31)(H2,32,33,34)/p+1/t;20-,21+,22+,52?/m.0/s1. The molecule has 3 aromatic rings. The number of unbranched alkanes of at least 4 members (excludes halogenated alkanes) is 1. The molecule has 2 aliphatic heterocycles. The molecule has 1 aliphatic carbocycles. The van der Waals surface area contributed by atoms with E-state index in [9.17, 15) is 57.4 Å². The highest BCUT2D eigenvalue weighted by molar-refractivity contribution is 8.77. The quantitative estimate of drug-likeness (QED) is 0.00266. The molecule has 1 amide bonds. The van der Waals surface area contributed by atoms with E-state index in [0.29, 0.717) is 87.4 Å². The van der Waals surface area contributed by atoms with Crippen molar-refractivity contribution in [1.29, 1.82) is 0 Å². The first kappa shape index (κ1) is 85.4. The summed E-state index contributed by atoms with van der Waals surface area (Å²) < 4.78 is 92.7. The summed E-state index contributed by atoms with van der Waals surface area (Å²) in [5.41, 5.74) is 4.66. The van der Waals surface area contributed by atoms with Crippen LogP contribution in [0.4, 0.5) is 4.79 Å². The molecule has 36 heteroatoms. The van der Waals surface area contributed by atoms with Gasteiger partial charge in [0.25, 0.3) is 5.56 Å². The van der Waals surface area contributed by atoms with Crippen LogP contribution in [0.15, 0.2) is 62.7 Å². The predicted octanol–water partition coefficient (Wildman–Crippen LogP) is 8.43. The molecule has 3 heterocycles. The molecule has 29 nitrogen and oxygen atoms in total. The van der Waals surface area contributed by atoms with Crippen molar-refractivity contribution in [2.45, 2.75) is 143 Å². The number of alkyl carbamates (subject to hydrolysis) is 1. The van der Waals surface area contributed by atoms with Gasteiger partial charge < -0.3 is 67.6 Å². The summed E-state index contributed by atoms with van der Waals surface area (Å²) >= 11 is 5.12. The highest BCUT2D eigenvalue weighted by Gasteiger charge is 2.44. The van der Waals surface area contributed by atoms with Gasteiger partial charge in [-0.15, -0.1) is 0 Å². The van der Waals surface area contributed by atoms with Crippen molar-refractivity contribution in [1.82, 2.24) is 14.9 Å². The van der Waals surface area contributed by atoms with Crippen LogP contribution in [-0.4, -0.2) is 159 Å². The van der Waals surface area contributed by atoms with Crippen LogP contribution in [0.5, 0.6) is 0 Å². The molecule has 554 valence electrons. The second-order valence-corrected chi connectivity index (χ2v) is 33.5. The number of ether oxygens (including phenoxy) is 7. The molecule has 6 rings (SSSR count). The Morgan fingerprint density at radius 1 is 0.870 bits per heavy atom. The van der Waals surface area contributed by atoms with Crippen molar-refractivity contribution in [3.63, 3.8) is 0 Å². The zero-order valence-corrected chi connectivity index (χ0v) is 63.2. The Kier molecular flexibility index (Phi) is 35.8. The topological polar surface area (TPSA) is 407 Å². The number of nitrogens with zero attached hydrogens (tertiary/aromatic N) is 1. The van der Waals surface area contributed by atoms with Gasteiger partial charge in [0.05, 0.1) is 69.7 Å². The first-order valence-electron chi connectivity index (χ1n) is 32.1. The third-order valence-electron chi connectivity index (χ3n) is 14.7. The normalized spacial score (nSPS) is 16.4. The Labute approximate surface area is 594 Å². The number of aromatic amines is 1. The third kappa shape index (κ3) is 29.1. The molecular formula is C64H90N4O25P3S4+. The summed E-state index contributed by atoms with van der Waals surface area (Å²) in [6.07, 6.45) is 4.06. The lowest BCUT2D eigenvalue weighted by atomic mass is 9.87. The van der Waals surface area contributed by atoms with Crippen LogP contribution in [0.1, 0.15) is 149 Å². The summed E-state index contributed by atoms with van der Waals surface area (Å²) in [4.78, 5) is 117. The summed E-state index contributed by atoms with van der Waals surface area (Å²) in [7, 11) is -14.0. The van der Waals surface area contributed by atoms with Crippen LogP contribution in [0, 0.1) is 25.7 Å². The minimum absolute atomic E-state index is 0.0341. The zero-order valence-electron chi connectivity index (χ0n) is 57.2. The maximum absolute atomic E-state index is 13.4. The minimum atomic E-state index is -5.76. The number of H-pyrrole nitrogens is 1. The van der Waals surface area contributed by atoms with Crippen LogP contribution in [0.25, 0.3) is 33.4 Å². The van der Waals surface area contributed by atoms with Crippen molar-refractivity contribution in [2.75, 3.05) is 84.1 Å². The summed E-state index contributed by atoms with van der Waals surface area (Å²) in [5.74, 6) is 4.91. The molecule has 1 aromatic heterocycles. The average molecular weight is 1540 g/mol. The molecule has 2 aromatic carbocycles. The molecule has 100 heavy (non-hydrogen) atoms. The van der Waals surface area contributed by atoms with Gasteiger partial charge in [0, 0.05) is 77.6 Å². The number of hydrogen-bond acceptors (Lipinski definition) is 23. The lowest BCUT2D eigenvalue weighted by Crippen LogP contribution is -2.76. The number of amides is 1. The van der Waals surface area contributed by atoms with E-state index < -0.39 is 87.2 Å². The van der Waals surface area contributed by atoms with Crippen molar-refractivity contribution in [3.8, 4) is 34.3 Å². The van der Waals surface area contributed by atoms with E-state index in [-0.39, 0.29) is 59.9 Å². The number of carbonyl (C=O) groups is 4. The molecule has 0 saturated carbocycles. The van der Waals surface area contributed by atoms with Gasteiger partial charge in [0.1, 0.15) is 41.7 Å². The van der Waals surface area contributed by atoms with E-state index in [0.717, 1.165) is 76.0 Å². The van der Waals surface area contributed by atoms with Crippen molar-refractivity contribution >= 4 is 100 Å². The molecule has 0 bridgehead atoms. The maximum Gasteiger partial charge on any atom is 0.490 e. The lowest BCUT2D eigenvalue weighted by Gasteiger charge is -2.21. The Bertz CT molecular complexity index is 4000. The summed E-state index contributed by atoms with van der Waals surface area (Å²) in [6.45, 7) is 19.2. The number of phosphoric ester groups is 1. The van der Waals surface area contributed by atoms with Crippen LogP contribution in [0.2, 0.25) is 0 Å². The zero-order chi connectivity index (χ0) is 73.8. The van der Waals surface area contributed by atoms with E-state index in [1.165, 1.54) is 11.6 Å². The largest absolute Gasteiger partial charge is 0.490 e. The number of aryl methyl sites for hydroxylation is 3. The van der Waals surface area contributed by atoms with Crippen LogP contribution in [0.3, 0.4) is 0 Å². The number of ketones is 1. The van der Waals surface area contributed by atoms with E-state index in [4.69, 9.17) is 63.1 Å². The number of carboxylic acid groups (broad SMARTS) is 1. The van der Waals surface area contributed by atoms with E-state index in [1.807, 2.05) is 26.0 Å². The molecule has 0 spiro atoms. The van der Waals surface area contributed by atoms with Gasteiger partial charge in [-0.05, 0) is 138 Å². The van der Waals surface area contributed by atoms with Crippen LogP contribution in [-0.2, 0) is 91.9 Å². The number of aromatic nitrogens is 2. The van der Waals surface area contributed by atoms with E-state index >= 15 is 0 Å². The molecule has 6 atom stereocenters. The molecule has 1 saturated heterocycles. The number of aromatic carboxylic acids is 1. The number of hydrogen-bond donors (Lipinski definition) is 8. The Balaban J connectivity index is 0.000000361. The number of Topliss-reactive ketones (excluding diaryl/α,β-unsaturated/α-hetero) is 1. The fraction of sp³-hybridized carbons (Fsp3) is 0.547. The monoisotopic (exact) mass is 1540 g/mol. The SMILES string of the molecule is CCC(C)(C)SSCOCCCCOC(=O)CCC#Cc1cn([C@H]2C[C@H](OCS(C)=S)[C@@H](COP(=O)(O)OP(=O)(O)OP(=O)(O)O)O2)c(=O)[nH]c1=O.CCCc1cc2oc3cc(=[NH+]CC)c(C)cc-3c(-c3cc(C(=O)CCCOCCOCCNC(=O)OCC)ccc3C(=O)O)c2cc1C. The number of carbonyl (C=O) groups excluding carboxylic acids is 3. The molecule has 3 unspecified atom stereocenters. The molecular weight excluding hydrogens is 1450 g/mol. The van der Waals surface area contributed by atoms with Gasteiger partial charge in [-0.25, -0.2) is 33.1 Å². The predicted molar refractivity (Wildman–Crippen MR) is 380 cm³/mol. The fourth-order valence-corrected chi connectivity index (χ4v) is 15.5. The number of benzene rings is 3. The lowest BCUT2D eigenvalue weighted by molar-refractivity contribution is -0.496. The van der Waals surface area contributed by atoms with Crippen molar-refractivity contribution < 1.29 is 113 Å². The number of esters is 1.